The van der Waals surface area contributed by atoms with Crippen LogP contribution >= 0.6 is 0 Å². The standard InChI is InChI=1S/C22H21F6NO2/c23-21(24,25)17-9-15(10-18(11-17)22(26,27)28)12-31-14-20(16-5-2-1-3-6-16)8-4-7-19(30)29-13-20/h1-3,5-6,9-11H,4,7-8,12-14H2,(H,29,30)/t20-/m0/s1. The van der Waals surface area contributed by atoms with Crippen LogP contribution in [-0.2, 0) is 33.9 Å². The number of rotatable bonds is 5. The molecule has 1 fully saturated rings. The Morgan fingerprint density at radius 2 is 1.55 bits per heavy atom. The van der Waals surface area contributed by atoms with Crippen molar-refractivity contribution in [3.63, 3.8) is 0 Å². The maximum atomic E-state index is 13.1. The van der Waals surface area contributed by atoms with E-state index in [4.69, 9.17) is 4.74 Å². The fourth-order valence-electron chi connectivity index (χ4n) is 3.74. The number of benzene rings is 2. The Hall–Kier alpha value is -2.55. The van der Waals surface area contributed by atoms with E-state index in [-0.39, 0.29) is 30.7 Å². The summed E-state index contributed by atoms with van der Waals surface area (Å²) >= 11 is 0. The van der Waals surface area contributed by atoms with E-state index >= 15 is 0 Å². The predicted molar refractivity (Wildman–Crippen MR) is 101 cm³/mol. The SMILES string of the molecule is O=C1CCC[C@](COCc2cc(C(F)(F)F)cc(C(F)(F)F)c2)(c2ccccc2)CN1. The number of amides is 1. The van der Waals surface area contributed by atoms with Crippen LogP contribution in [0, 0.1) is 0 Å². The number of ether oxygens (including phenoxy) is 1. The molecule has 2 aromatic rings. The average Bonchev–Trinajstić information content (AvgIpc) is 2.89. The van der Waals surface area contributed by atoms with Crippen LogP contribution in [0.4, 0.5) is 26.3 Å². The summed E-state index contributed by atoms with van der Waals surface area (Å²) in [5.41, 5.74) is -2.71. The highest BCUT2D eigenvalue weighted by Crippen LogP contribution is 2.37. The van der Waals surface area contributed by atoms with Crippen molar-refractivity contribution in [2.75, 3.05) is 13.2 Å². The highest BCUT2D eigenvalue weighted by molar-refractivity contribution is 5.76. The number of hydrogen-bond acceptors (Lipinski definition) is 2. The Kier molecular flexibility index (Phi) is 6.64. The molecule has 168 valence electrons. The van der Waals surface area contributed by atoms with Crippen LogP contribution in [0.1, 0.15) is 41.5 Å². The van der Waals surface area contributed by atoms with Crippen molar-refractivity contribution in [1.82, 2.24) is 5.32 Å². The number of nitrogens with one attached hydrogen (secondary N) is 1. The lowest BCUT2D eigenvalue weighted by Crippen LogP contribution is -2.42. The first-order chi connectivity index (χ1) is 14.5. The second-order valence-corrected chi connectivity index (χ2v) is 7.68. The van der Waals surface area contributed by atoms with Crippen molar-refractivity contribution < 1.29 is 35.9 Å². The van der Waals surface area contributed by atoms with Crippen LogP contribution in [0.2, 0.25) is 0 Å². The number of carbonyl (C=O) groups is 1. The van der Waals surface area contributed by atoms with Gasteiger partial charge in [0.25, 0.3) is 0 Å². The third kappa shape index (κ3) is 5.78. The lowest BCUT2D eigenvalue weighted by Gasteiger charge is -2.33. The van der Waals surface area contributed by atoms with E-state index in [0.29, 0.717) is 31.4 Å². The highest BCUT2D eigenvalue weighted by Gasteiger charge is 2.38. The lowest BCUT2D eigenvalue weighted by atomic mass is 9.77. The molecule has 0 aromatic heterocycles. The minimum atomic E-state index is -4.91. The first kappa shape index (κ1) is 23.1. The summed E-state index contributed by atoms with van der Waals surface area (Å²) in [6, 6.07) is 10.6. The van der Waals surface area contributed by atoms with Crippen molar-refractivity contribution >= 4 is 5.91 Å². The van der Waals surface area contributed by atoms with E-state index in [2.05, 4.69) is 5.32 Å². The zero-order valence-corrected chi connectivity index (χ0v) is 16.4. The van der Waals surface area contributed by atoms with Gasteiger partial charge in [-0.25, -0.2) is 0 Å². The van der Waals surface area contributed by atoms with Gasteiger partial charge in [-0.05, 0) is 42.2 Å². The van der Waals surface area contributed by atoms with E-state index in [9.17, 15) is 31.1 Å². The molecule has 0 unspecified atom stereocenters. The molecule has 1 N–H and O–H groups in total. The Bertz CT molecular complexity index is 878. The van der Waals surface area contributed by atoms with Gasteiger partial charge >= 0.3 is 12.4 Å². The van der Waals surface area contributed by atoms with Gasteiger partial charge in [0.05, 0.1) is 24.3 Å². The molecule has 31 heavy (non-hydrogen) atoms. The summed E-state index contributed by atoms with van der Waals surface area (Å²) < 4.78 is 84.0. The van der Waals surface area contributed by atoms with E-state index in [1.54, 1.807) is 0 Å². The van der Waals surface area contributed by atoms with E-state index in [1.807, 2.05) is 30.3 Å². The molecule has 1 atom stereocenters. The molecular weight excluding hydrogens is 424 g/mol. The quantitative estimate of drug-likeness (QED) is 0.619. The first-order valence-corrected chi connectivity index (χ1v) is 9.68. The number of carbonyl (C=O) groups excluding carboxylic acids is 1. The van der Waals surface area contributed by atoms with Crippen LogP contribution in [-0.4, -0.2) is 19.1 Å². The van der Waals surface area contributed by atoms with Gasteiger partial charge in [-0.1, -0.05) is 30.3 Å². The van der Waals surface area contributed by atoms with Gasteiger partial charge in [0.15, 0.2) is 0 Å². The minimum absolute atomic E-state index is 0.0366. The van der Waals surface area contributed by atoms with Crippen LogP contribution in [0.3, 0.4) is 0 Å². The monoisotopic (exact) mass is 445 g/mol. The van der Waals surface area contributed by atoms with Gasteiger partial charge < -0.3 is 10.1 Å². The molecule has 0 bridgehead atoms. The van der Waals surface area contributed by atoms with Crippen LogP contribution in [0.25, 0.3) is 0 Å². The summed E-state index contributed by atoms with van der Waals surface area (Å²) in [5, 5.41) is 2.82. The molecule has 0 radical (unpaired) electrons. The maximum Gasteiger partial charge on any atom is 0.416 e. The smallest absolute Gasteiger partial charge is 0.376 e. The van der Waals surface area contributed by atoms with Crippen molar-refractivity contribution in [3.8, 4) is 0 Å². The molecule has 1 amide bonds. The fourth-order valence-corrected chi connectivity index (χ4v) is 3.74. The van der Waals surface area contributed by atoms with Crippen molar-refractivity contribution in [2.45, 2.75) is 43.6 Å². The molecule has 0 spiro atoms. The predicted octanol–water partition coefficient (Wildman–Crippen LogP) is 5.48. The van der Waals surface area contributed by atoms with Crippen molar-refractivity contribution in [3.05, 3.63) is 70.8 Å². The Labute approximate surface area is 175 Å². The zero-order chi connectivity index (χ0) is 22.7. The Morgan fingerprint density at radius 3 is 2.13 bits per heavy atom. The molecule has 0 aliphatic carbocycles. The van der Waals surface area contributed by atoms with Gasteiger partial charge in [-0.3, -0.25) is 4.79 Å². The average molecular weight is 445 g/mol. The van der Waals surface area contributed by atoms with Gasteiger partial charge in [-0.2, -0.15) is 26.3 Å². The maximum absolute atomic E-state index is 13.1. The summed E-state index contributed by atoms with van der Waals surface area (Å²) in [6.07, 6.45) is -8.30. The Morgan fingerprint density at radius 1 is 0.935 bits per heavy atom. The molecule has 1 aliphatic heterocycles. The van der Waals surface area contributed by atoms with Gasteiger partial charge in [0.1, 0.15) is 0 Å². The fraction of sp³-hybridized carbons (Fsp3) is 0.409. The number of hydrogen-bond donors (Lipinski definition) is 1. The molecule has 3 nitrogen and oxygen atoms in total. The topological polar surface area (TPSA) is 38.3 Å². The lowest BCUT2D eigenvalue weighted by molar-refractivity contribution is -0.143. The minimum Gasteiger partial charge on any atom is -0.376 e. The van der Waals surface area contributed by atoms with Crippen molar-refractivity contribution in [2.24, 2.45) is 0 Å². The van der Waals surface area contributed by atoms with E-state index < -0.39 is 35.5 Å². The summed E-state index contributed by atoms with van der Waals surface area (Å²) in [6.45, 7) is -0.114. The van der Waals surface area contributed by atoms with Crippen molar-refractivity contribution in [1.29, 1.82) is 0 Å². The summed E-state index contributed by atoms with van der Waals surface area (Å²) in [4.78, 5) is 11.8. The molecule has 9 heteroatoms. The normalized spacial score (nSPS) is 20.3. The zero-order valence-electron chi connectivity index (χ0n) is 16.4. The van der Waals surface area contributed by atoms with E-state index in [1.165, 1.54) is 0 Å². The van der Waals surface area contributed by atoms with Gasteiger partial charge in [0.2, 0.25) is 5.91 Å². The summed E-state index contributed by atoms with van der Waals surface area (Å²) in [7, 11) is 0. The second-order valence-electron chi connectivity index (χ2n) is 7.68. The third-order valence-corrected chi connectivity index (χ3v) is 5.36. The molecule has 3 rings (SSSR count). The third-order valence-electron chi connectivity index (χ3n) is 5.36. The summed E-state index contributed by atoms with van der Waals surface area (Å²) in [5.74, 6) is -0.106. The van der Waals surface area contributed by atoms with Crippen LogP contribution < -0.4 is 5.32 Å². The molecule has 1 heterocycles. The molecular formula is C22H21F6NO2. The van der Waals surface area contributed by atoms with Gasteiger partial charge in [-0.15, -0.1) is 0 Å². The molecule has 2 aromatic carbocycles. The number of halogens is 6. The Balaban J connectivity index is 1.83. The molecule has 1 aliphatic rings. The molecule has 1 saturated heterocycles. The van der Waals surface area contributed by atoms with E-state index in [0.717, 1.165) is 5.56 Å². The highest BCUT2D eigenvalue weighted by atomic mass is 19.4. The number of alkyl halides is 6. The second kappa shape index (κ2) is 8.90. The van der Waals surface area contributed by atoms with Crippen LogP contribution in [0.5, 0.6) is 0 Å². The van der Waals surface area contributed by atoms with Crippen LogP contribution in [0.15, 0.2) is 48.5 Å². The first-order valence-electron chi connectivity index (χ1n) is 9.68. The largest absolute Gasteiger partial charge is 0.416 e. The molecule has 0 saturated carbocycles. The van der Waals surface area contributed by atoms with Gasteiger partial charge in [0, 0.05) is 18.4 Å².